The largest absolute Gasteiger partial charge is 0.466 e. The molecular weight excluding hydrogens is 353 g/mol. The molecule has 8 heteroatoms. The Morgan fingerprint density at radius 2 is 2.08 bits per heavy atom. The predicted octanol–water partition coefficient (Wildman–Crippen LogP) is 3.47. The average molecular weight is 366 g/mol. The lowest BCUT2D eigenvalue weighted by Gasteiger charge is -2.25. The second-order valence-corrected chi connectivity index (χ2v) is 6.52. The van der Waals surface area contributed by atoms with Crippen molar-refractivity contribution in [3.05, 3.63) is 62.5 Å². The maximum Gasteiger partial charge on any atom is 0.338 e. The van der Waals surface area contributed by atoms with E-state index in [0.717, 1.165) is 0 Å². The molecule has 5 nitrogen and oxygen atoms in total. The van der Waals surface area contributed by atoms with Crippen LogP contribution in [0.3, 0.4) is 0 Å². The first-order chi connectivity index (χ1) is 11.5. The highest BCUT2D eigenvalue weighted by molar-refractivity contribution is 7.14. The summed E-state index contributed by atoms with van der Waals surface area (Å²) >= 11 is 7.43. The van der Waals surface area contributed by atoms with E-state index < -0.39 is 12.0 Å². The van der Waals surface area contributed by atoms with E-state index in [0.29, 0.717) is 32.7 Å². The third-order valence-corrected chi connectivity index (χ3v) is 4.64. The number of hydrogen-bond acceptors (Lipinski definition) is 6. The van der Waals surface area contributed by atoms with Crippen LogP contribution < -0.4 is 5.32 Å². The van der Waals surface area contributed by atoms with Crippen molar-refractivity contribution in [3.8, 4) is 0 Å². The number of carbonyl (C=O) groups is 1. The number of methoxy groups -OCH3 is 1. The molecule has 0 fully saturated rings. The van der Waals surface area contributed by atoms with E-state index in [1.165, 1.54) is 30.6 Å². The van der Waals surface area contributed by atoms with Gasteiger partial charge < -0.3 is 10.1 Å². The zero-order valence-electron chi connectivity index (χ0n) is 12.8. The quantitative estimate of drug-likeness (QED) is 0.846. The first-order valence-electron chi connectivity index (χ1n) is 7.00. The Balaban J connectivity index is 2.11. The molecule has 124 valence electrons. The molecule has 0 unspecified atom stereocenters. The number of nitrogens with zero attached hydrogens (tertiary/aromatic N) is 2. The number of aromatic nitrogens is 1. The molecule has 1 N–H and O–H groups in total. The average Bonchev–Trinajstić information content (AvgIpc) is 3.00. The van der Waals surface area contributed by atoms with Crippen molar-refractivity contribution < 1.29 is 13.9 Å². The summed E-state index contributed by atoms with van der Waals surface area (Å²) in [4.78, 5) is 21.0. The first-order valence-corrected chi connectivity index (χ1v) is 8.25. The molecule has 0 amide bonds. The summed E-state index contributed by atoms with van der Waals surface area (Å²) in [5.41, 5.74) is 3.74. The molecule has 1 aromatic carbocycles. The molecule has 0 radical (unpaired) electrons. The van der Waals surface area contributed by atoms with Crippen LogP contribution in [0.1, 0.15) is 24.2 Å². The topological polar surface area (TPSA) is 63.6 Å². The number of aliphatic imine (C=N–C) groups is 1. The van der Waals surface area contributed by atoms with Crippen LogP contribution in [0.2, 0.25) is 4.34 Å². The summed E-state index contributed by atoms with van der Waals surface area (Å²) in [5, 5.41) is 3.05. The molecule has 2 heterocycles. The van der Waals surface area contributed by atoms with Gasteiger partial charge in [0.25, 0.3) is 0 Å². The smallest absolute Gasteiger partial charge is 0.338 e. The minimum absolute atomic E-state index is 0.360. The zero-order valence-corrected chi connectivity index (χ0v) is 14.4. The normalized spacial score (nSPS) is 17.3. The van der Waals surface area contributed by atoms with E-state index in [1.807, 2.05) is 0 Å². The predicted molar refractivity (Wildman–Crippen MR) is 90.7 cm³/mol. The summed E-state index contributed by atoms with van der Waals surface area (Å²) in [5.74, 6) is -0.401. The number of allylic oxidation sites excluding steroid dienone is 1. The number of nitrogens with one attached hydrogen (secondary N) is 1. The van der Waals surface area contributed by atoms with Gasteiger partial charge in [-0.05, 0) is 24.6 Å². The second-order valence-electron chi connectivity index (χ2n) is 5.06. The van der Waals surface area contributed by atoms with Crippen molar-refractivity contribution in [2.45, 2.75) is 13.0 Å². The summed E-state index contributed by atoms with van der Waals surface area (Å²) in [6, 6.07) is 5.20. The van der Waals surface area contributed by atoms with Gasteiger partial charge in [0, 0.05) is 5.70 Å². The van der Waals surface area contributed by atoms with Gasteiger partial charge in [-0.3, -0.25) is 4.99 Å². The number of thiazole rings is 1. The van der Waals surface area contributed by atoms with Gasteiger partial charge in [0.15, 0.2) is 5.84 Å². The van der Waals surface area contributed by atoms with Gasteiger partial charge in [-0.1, -0.05) is 23.7 Å². The van der Waals surface area contributed by atoms with Crippen LogP contribution in [0.15, 0.2) is 46.0 Å². The van der Waals surface area contributed by atoms with Crippen molar-refractivity contribution >= 4 is 34.7 Å². The Kier molecular flexibility index (Phi) is 4.64. The summed E-state index contributed by atoms with van der Waals surface area (Å²) in [7, 11) is 1.31. The highest BCUT2D eigenvalue weighted by Gasteiger charge is 2.31. The van der Waals surface area contributed by atoms with Crippen LogP contribution in [-0.2, 0) is 9.53 Å². The molecule has 2 aromatic rings. The standard InChI is InChI=1S/C16H13ClFN3O2S/c1-8-11(16(22)23-2)12(9-3-5-10(18)6-4-9)21-15(20-8)13-14(17)24-7-19-13/h3-7,12H,1-2H3,(H,20,21)/t12-/m1/s1. The molecule has 0 aliphatic carbocycles. The van der Waals surface area contributed by atoms with Crippen molar-refractivity contribution in [1.82, 2.24) is 10.3 Å². The monoisotopic (exact) mass is 365 g/mol. The maximum absolute atomic E-state index is 13.2. The van der Waals surface area contributed by atoms with E-state index in [2.05, 4.69) is 15.3 Å². The summed E-state index contributed by atoms with van der Waals surface area (Å²) < 4.78 is 18.6. The van der Waals surface area contributed by atoms with Crippen LogP contribution >= 0.6 is 22.9 Å². The summed E-state index contributed by atoms with van der Waals surface area (Å²) in [6.45, 7) is 1.75. The minimum atomic E-state index is -0.632. The van der Waals surface area contributed by atoms with Crippen LogP contribution in [-0.4, -0.2) is 23.9 Å². The molecule has 1 aromatic heterocycles. The Labute approximate surface area is 146 Å². The van der Waals surface area contributed by atoms with Gasteiger partial charge in [0.1, 0.15) is 21.9 Å². The number of benzene rings is 1. The van der Waals surface area contributed by atoms with Crippen molar-refractivity contribution in [2.24, 2.45) is 4.99 Å². The number of hydrogen-bond donors (Lipinski definition) is 1. The van der Waals surface area contributed by atoms with Gasteiger partial charge in [-0.15, -0.1) is 11.3 Å². The number of carbonyl (C=O) groups excluding carboxylic acids is 1. The maximum atomic E-state index is 13.2. The molecule has 0 saturated carbocycles. The third-order valence-electron chi connectivity index (χ3n) is 3.58. The number of ether oxygens (including phenoxy) is 1. The molecule has 1 aliphatic heterocycles. The van der Waals surface area contributed by atoms with Gasteiger partial charge >= 0.3 is 5.97 Å². The molecular formula is C16H13ClFN3O2S. The Morgan fingerprint density at radius 1 is 1.38 bits per heavy atom. The lowest BCUT2D eigenvalue weighted by atomic mass is 9.96. The molecule has 0 spiro atoms. The number of esters is 1. The minimum Gasteiger partial charge on any atom is -0.466 e. The van der Waals surface area contributed by atoms with Gasteiger partial charge in [0.05, 0.1) is 18.2 Å². The Hall–Kier alpha value is -2.25. The second kappa shape index (κ2) is 6.70. The fourth-order valence-corrected chi connectivity index (χ4v) is 3.21. The number of halogens is 2. The molecule has 0 bridgehead atoms. The SMILES string of the molecule is COC(=O)C1=C(C)NC(c2ncsc2Cl)=N[C@@H]1c1ccc(F)cc1. The van der Waals surface area contributed by atoms with Gasteiger partial charge in [0.2, 0.25) is 0 Å². The molecule has 24 heavy (non-hydrogen) atoms. The van der Waals surface area contributed by atoms with E-state index in [-0.39, 0.29) is 5.82 Å². The number of rotatable bonds is 3. The third kappa shape index (κ3) is 3.05. The van der Waals surface area contributed by atoms with E-state index >= 15 is 0 Å². The lowest BCUT2D eigenvalue weighted by Crippen LogP contribution is -2.33. The molecule has 1 atom stereocenters. The Morgan fingerprint density at radius 3 is 2.67 bits per heavy atom. The summed E-state index contributed by atoms with van der Waals surface area (Å²) in [6.07, 6.45) is 0. The van der Waals surface area contributed by atoms with E-state index in [1.54, 1.807) is 24.6 Å². The first kappa shape index (κ1) is 16.6. The fourth-order valence-electron chi connectivity index (χ4n) is 2.44. The molecule has 1 aliphatic rings. The number of amidine groups is 1. The van der Waals surface area contributed by atoms with Crippen LogP contribution in [0.4, 0.5) is 4.39 Å². The molecule has 0 saturated heterocycles. The van der Waals surface area contributed by atoms with Crippen LogP contribution in [0.25, 0.3) is 0 Å². The fraction of sp³-hybridized carbons (Fsp3) is 0.188. The van der Waals surface area contributed by atoms with E-state index in [9.17, 15) is 9.18 Å². The zero-order chi connectivity index (χ0) is 17.3. The van der Waals surface area contributed by atoms with E-state index in [4.69, 9.17) is 16.3 Å². The van der Waals surface area contributed by atoms with Crippen molar-refractivity contribution in [1.29, 1.82) is 0 Å². The highest BCUT2D eigenvalue weighted by Crippen LogP contribution is 2.33. The van der Waals surface area contributed by atoms with Crippen LogP contribution in [0, 0.1) is 5.82 Å². The van der Waals surface area contributed by atoms with Crippen molar-refractivity contribution in [3.63, 3.8) is 0 Å². The Bertz CT molecular complexity index is 845. The van der Waals surface area contributed by atoms with Crippen LogP contribution in [0.5, 0.6) is 0 Å². The highest BCUT2D eigenvalue weighted by atomic mass is 35.5. The van der Waals surface area contributed by atoms with Gasteiger partial charge in [-0.2, -0.15) is 0 Å². The molecule has 3 rings (SSSR count). The lowest BCUT2D eigenvalue weighted by molar-refractivity contribution is -0.136. The van der Waals surface area contributed by atoms with Crippen molar-refractivity contribution in [2.75, 3.05) is 7.11 Å². The van der Waals surface area contributed by atoms with Gasteiger partial charge in [-0.25, -0.2) is 14.2 Å².